The van der Waals surface area contributed by atoms with E-state index < -0.39 is 0 Å². The minimum atomic E-state index is -0.384. The van der Waals surface area contributed by atoms with E-state index in [2.05, 4.69) is 5.10 Å². The van der Waals surface area contributed by atoms with Crippen LogP contribution < -0.4 is 10.6 Å². The number of benzene rings is 1. The number of piperidine rings is 1. The van der Waals surface area contributed by atoms with E-state index in [1.807, 2.05) is 9.47 Å². The summed E-state index contributed by atoms with van der Waals surface area (Å²) in [5, 5.41) is 4.57. The van der Waals surface area contributed by atoms with Gasteiger partial charge in [-0.05, 0) is 49.9 Å². The van der Waals surface area contributed by atoms with E-state index >= 15 is 0 Å². The number of aryl methyl sites for hydroxylation is 1. The predicted molar refractivity (Wildman–Crippen MR) is 120 cm³/mol. The molecule has 1 aromatic heterocycles. The van der Waals surface area contributed by atoms with Crippen molar-refractivity contribution < 1.29 is 14.0 Å². The third-order valence-electron chi connectivity index (χ3n) is 7.46. The van der Waals surface area contributed by atoms with Gasteiger partial charge in [0.2, 0.25) is 11.8 Å². The topological polar surface area (TPSA) is 80.4 Å². The summed E-state index contributed by atoms with van der Waals surface area (Å²) < 4.78 is 16.6. The van der Waals surface area contributed by atoms with Crippen molar-refractivity contribution in [2.75, 3.05) is 24.5 Å². The average molecular weight is 456 g/mol. The number of nitrogens with zero attached hydrogens (tertiary/aromatic N) is 5. The summed E-state index contributed by atoms with van der Waals surface area (Å²) in [4.78, 5) is 41.8. The molecule has 1 aliphatic carbocycles. The molecular weight excluding hydrogens is 425 g/mol. The van der Waals surface area contributed by atoms with E-state index in [1.54, 1.807) is 24.1 Å². The summed E-state index contributed by atoms with van der Waals surface area (Å²) in [5.41, 5.74) is 0.580. The van der Waals surface area contributed by atoms with Crippen LogP contribution in [0.2, 0.25) is 0 Å². The van der Waals surface area contributed by atoms with Crippen LogP contribution in [0, 0.1) is 11.7 Å². The molecule has 1 atom stereocenters. The zero-order chi connectivity index (χ0) is 23.1. The van der Waals surface area contributed by atoms with Gasteiger partial charge in [-0.1, -0.05) is 12.8 Å². The molecule has 0 spiro atoms. The molecule has 3 heterocycles. The number of halogens is 1. The first-order valence-electron chi connectivity index (χ1n) is 11.9. The lowest BCUT2D eigenvalue weighted by atomic mass is 9.94. The Kier molecular flexibility index (Phi) is 5.80. The van der Waals surface area contributed by atoms with Crippen LogP contribution in [0.25, 0.3) is 0 Å². The largest absolute Gasteiger partial charge is 0.345 e. The van der Waals surface area contributed by atoms with Gasteiger partial charge in [-0.3, -0.25) is 14.2 Å². The first-order chi connectivity index (χ1) is 15.9. The second-order valence-electron chi connectivity index (χ2n) is 9.55. The van der Waals surface area contributed by atoms with Crippen molar-refractivity contribution >= 4 is 17.5 Å². The number of hydrogen-bond donors (Lipinski definition) is 0. The molecule has 0 radical (unpaired) electrons. The van der Waals surface area contributed by atoms with Crippen molar-refractivity contribution in [3.05, 3.63) is 46.4 Å². The quantitative estimate of drug-likeness (QED) is 0.710. The fraction of sp³-hybridized carbons (Fsp3) is 0.583. The van der Waals surface area contributed by atoms with Gasteiger partial charge in [0.15, 0.2) is 0 Å². The Hall–Kier alpha value is -2.97. The zero-order valence-electron chi connectivity index (χ0n) is 19.0. The predicted octanol–water partition coefficient (Wildman–Crippen LogP) is 2.60. The minimum Gasteiger partial charge on any atom is -0.342 e. The standard InChI is InChI=1S/C24H30FN5O3/c1-27-24(33)30(20-4-2-3-5-20)22(26-27)16-10-12-28(13-11-16)23(32)17-14-21(31)29(15-17)19-8-6-18(25)7-9-19/h6-9,16-17,20H,2-5,10-15H2,1H3. The average Bonchev–Trinajstić information content (AvgIpc) is 3.54. The Balaban J connectivity index is 1.23. The molecule has 3 fully saturated rings. The molecule has 9 heteroatoms. The number of likely N-dealkylation sites (tertiary alicyclic amines) is 1. The maximum atomic E-state index is 13.2. The Bertz CT molecular complexity index is 1090. The second kappa shape index (κ2) is 8.76. The summed E-state index contributed by atoms with van der Waals surface area (Å²) in [6.45, 7) is 1.52. The van der Waals surface area contributed by atoms with Gasteiger partial charge in [0.1, 0.15) is 11.6 Å². The van der Waals surface area contributed by atoms with E-state index in [-0.39, 0.29) is 47.6 Å². The molecule has 3 aliphatic rings. The van der Waals surface area contributed by atoms with Gasteiger partial charge < -0.3 is 9.80 Å². The van der Waals surface area contributed by atoms with Gasteiger partial charge >= 0.3 is 5.69 Å². The van der Waals surface area contributed by atoms with Crippen LogP contribution in [0.1, 0.15) is 62.7 Å². The number of amides is 2. The Morgan fingerprint density at radius 3 is 2.36 bits per heavy atom. The molecular formula is C24H30FN5O3. The molecule has 2 amide bonds. The van der Waals surface area contributed by atoms with Crippen molar-refractivity contribution in [1.82, 2.24) is 19.2 Å². The smallest absolute Gasteiger partial charge is 0.342 e. The van der Waals surface area contributed by atoms with Crippen LogP contribution in [-0.2, 0) is 16.6 Å². The van der Waals surface area contributed by atoms with Gasteiger partial charge in [-0.25, -0.2) is 13.9 Å². The Labute approximate surface area is 192 Å². The van der Waals surface area contributed by atoms with Gasteiger partial charge in [-0.2, -0.15) is 5.10 Å². The molecule has 1 saturated carbocycles. The molecule has 0 N–H and O–H groups in total. The lowest BCUT2D eigenvalue weighted by molar-refractivity contribution is -0.136. The summed E-state index contributed by atoms with van der Waals surface area (Å²) >= 11 is 0. The number of carbonyl (C=O) groups is 2. The molecule has 2 aliphatic heterocycles. The maximum Gasteiger partial charge on any atom is 0.345 e. The molecule has 0 bridgehead atoms. The van der Waals surface area contributed by atoms with Gasteiger partial charge in [0, 0.05) is 50.7 Å². The number of carbonyl (C=O) groups excluding carboxylic acids is 2. The van der Waals surface area contributed by atoms with Crippen LogP contribution in [0.5, 0.6) is 0 Å². The normalized spacial score (nSPS) is 22.5. The van der Waals surface area contributed by atoms with Crippen LogP contribution in [-0.4, -0.2) is 50.7 Å². The lowest BCUT2D eigenvalue weighted by Gasteiger charge is -2.33. The van der Waals surface area contributed by atoms with Crippen LogP contribution >= 0.6 is 0 Å². The van der Waals surface area contributed by atoms with Gasteiger partial charge in [0.05, 0.1) is 5.92 Å². The summed E-state index contributed by atoms with van der Waals surface area (Å²) in [5.74, 6) is 0.173. The van der Waals surface area contributed by atoms with Gasteiger partial charge in [-0.15, -0.1) is 0 Å². The fourth-order valence-corrected chi connectivity index (χ4v) is 5.64. The summed E-state index contributed by atoms with van der Waals surface area (Å²) in [6.07, 6.45) is 6.04. The molecule has 176 valence electrons. The monoisotopic (exact) mass is 455 g/mol. The second-order valence-corrected chi connectivity index (χ2v) is 9.55. The van der Waals surface area contributed by atoms with Crippen molar-refractivity contribution in [2.24, 2.45) is 13.0 Å². The number of rotatable bonds is 4. The Morgan fingerprint density at radius 2 is 1.70 bits per heavy atom. The fourth-order valence-electron chi connectivity index (χ4n) is 5.64. The van der Waals surface area contributed by atoms with Crippen LogP contribution in [0.4, 0.5) is 10.1 Å². The highest BCUT2D eigenvalue weighted by molar-refractivity contribution is 6.00. The molecule has 1 unspecified atom stereocenters. The molecule has 8 nitrogen and oxygen atoms in total. The van der Waals surface area contributed by atoms with Crippen LogP contribution in [0.3, 0.4) is 0 Å². The minimum absolute atomic E-state index is 0.000570. The van der Waals surface area contributed by atoms with Gasteiger partial charge in [0.25, 0.3) is 0 Å². The van der Waals surface area contributed by atoms with E-state index in [4.69, 9.17) is 0 Å². The third-order valence-corrected chi connectivity index (χ3v) is 7.46. The van der Waals surface area contributed by atoms with E-state index in [1.165, 1.54) is 16.8 Å². The maximum absolute atomic E-state index is 13.2. The molecule has 5 rings (SSSR count). The molecule has 2 aromatic rings. The summed E-state index contributed by atoms with van der Waals surface area (Å²) in [7, 11) is 1.71. The van der Waals surface area contributed by atoms with Crippen molar-refractivity contribution in [1.29, 1.82) is 0 Å². The molecule has 33 heavy (non-hydrogen) atoms. The molecule has 2 saturated heterocycles. The Morgan fingerprint density at radius 1 is 1.03 bits per heavy atom. The van der Waals surface area contributed by atoms with Crippen molar-refractivity contribution in [2.45, 2.75) is 56.9 Å². The number of hydrogen-bond acceptors (Lipinski definition) is 4. The van der Waals surface area contributed by atoms with E-state index in [0.29, 0.717) is 25.3 Å². The molecule has 1 aromatic carbocycles. The van der Waals surface area contributed by atoms with E-state index in [9.17, 15) is 18.8 Å². The third kappa shape index (κ3) is 4.09. The number of aromatic nitrogens is 3. The van der Waals surface area contributed by atoms with E-state index in [0.717, 1.165) is 44.3 Å². The summed E-state index contributed by atoms with van der Waals surface area (Å²) in [6, 6.07) is 6.03. The van der Waals surface area contributed by atoms with Crippen LogP contribution in [0.15, 0.2) is 29.1 Å². The van der Waals surface area contributed by atoms with Crippen molar-refractivity contribution in [3.8, 4) is 0 Å². The highest BCUT2D eigenvalue weighted by Gasteiger charge is 2.39. The highest BCUT2D eigenvalue weighted by atomic mass is 19.1. The number of anilines is 1. The lowest BCUT2D eigenvalue weighted by Crippen LogP contribution is -2.42. The van der Waals surface area contributed by atoms with Crippen molar-refractivity contribution in [3.63, 3.8) is 0 Å². The first kappa shape index (κ1) is 21.9. The SMILES string of the molecule is Cn1nc(C2CCN(C(=O)C3CC(=O)N(c4ccc(F)cc4)C3)CC2)n(C2CCCC2)c1=O. The highest BCUT2D eigenvalue weighted by Crippen LogP contribution is 2.34. The zero-order valence-corrected chi connectivity index (χ0v) is 19.0. The first-order valence-corrected chi connectivity index (χ1v) is 11.9.